The van der Waals surface area contributed by atoms with Crippen molar-refractivity contribution in [3.63, 3.8) is 0 Å². The maximum Gasteiger partial charge on any atom is 0.152 e. The van der Waals surface area contributed by atoms with E-state index in [4.69, 9.17) is 23.2 Å². The highest BCUT2D eigenvalue weighted by molar-refractivity contribution is 6.32. The smallest absolute Gasteiger partial charge is 0.152 e. The Hall–Kier alpha value is -0.600. The molecule has 0 bridgehead atoms. The van der Waals surface area contributed by atoms with Gasteiger partial charge in [-0.2, -0.15) is 0 Å². The van der Waals surface area contributed by atoms with E-state index in [0.717, 1.165) is 0 Å². The largest absolute Gasteiger partial charge is 0.298 e. The summed E-state index contributed by atoms with van der Waals surface area (Å²) < 4.78 is 12.4. The summed E-state index contributed by atoms with van der Waals surface area (Å²) in [4.78, 5) is 11.0. The Morgan fingerprint density at radius 1 is 1.50 bits per heavy atom. The molecule has 0 radical (unpaired) electrons. The van der Waals surface area contributed by atoms with E-state index in [2.05, 4.69) is 0 Å². The van der Waals surface area contributed by atoms with Crippen molar-refractivity contribution in [2.45, 2.75) is 19.0 Å². The van der Waals surface area contributed by atoms with E-state index in [9.17, 15) is 9.18 Å². The van der Waals surface area contributed by atoms with Crippen molar-refractivity contribution in [2.75, 3.05) is 0 Å². The van der Waals surface area contributed by atoms with Crippen LogP contribution in [0.5, 0.6) is 0 Å². The number of carbonyl (C=O) groups is 1. The first kappa shape index (κ1) is 11.5. The average molecular weight is 235 g/mol. The van der Waals surface area contributed by atoms with Gasteiger partial charge in [-0.1, -0.05) is 17.7 Å². The predicted octanol–water partition coefficient (Wildman–Crippen LogP) is 3.68. The molecule has 0 aliphatic carbocycles. The topological polar surface area (TPSA) is 17.1 Å². The highest BCUT2D eigenvalue weighted by atomic mass is 35.5. The minimum Gasteiger partial charge on any atom is -0.298 e. The van der Waals surface area contributed by atoms with Crippen LogP contribution in [0.3, 0.4) is 0 Å². The second-order valence-electron chi connectivity index (χ2n) is 3.00. The Bertz CT molecular complexity index is 352. The molecule has 0 aromatic heterocycles. The standard InChI is InChI=1S/C10H9Cl2FO/c1-6(14)10(12)8-2-7(5-13)3-9(11)4-8/h2-4,10H,5H2,1H3. The zero-order valence-electron chi connectivity index (χ0n) is 7.56. The van der Waals surface area contributed by atoms with Crippen LogP contribution in [0.15, 0.2) is 18.2 Å². The van der Waals surface area contributed by atoms with Gasteiger partial charge in [0, 0.05) is 5.02 Å². The first-order chi connectivity index (χ1) is 6.54. The second-order valence-corrected chi connectivity index (χ2v) is 3.87. The zero-order valence-corrected chi connectivity index (χ0v) is 9.07. The van der Waals surface area contributed by atoms with Crippen LogP contribution < -0.4 is 0 Å². The number of hydrogen-bond acceptors (Lipinski definition) is 1. The maximum atomic E-state index is 12.4. The SMILES string of the molecule is CC(=O)C(Cl)c1cc(Cl)cc(CF)c1. The summed E-state index contributed by atoms with van der Waals surface area (Å²) in [5, 5.41) is -0.360. The van der Waals surface area contributed by atoms with Crippen LogP contribution in [0.1, 0.15) is 23.4 Å². The van der Waals surface area contributed by atoms with Crippen molar-refractivity contribution in [1.29, 1.82) is 0 Å². The molecular weight excluding hydrogens is 226 g/mol. The van der Waals surface area contributed by atoms with E-state index < -0.39 is 12.1 Å². The maximum absolute atomic E-state index is 12.4. The number of carbonyl (C=O) groups excluding carboxylic acids is 1. The van der Waals surface area contributed by atoms with E-state index in [1.807, 2.05) is 0 Å². The molecule has 0 aliphatic heterocycles. The molecular formula is C10H9Cl2FO. The molecule has 0 saturated heterocycles. The van der Waals surface area contributed by atoms with Gasteiger partial charge in [0.25, 0.3) is 0 Å². The number of Topliss-reactive ketones (excluding diaryl/α,β-unsaturated/α-hetero) is 1. The summed E-state index contributed by atoms with van der Waals surface area (Å²) in [6.07, 6.45) is 0. The van der Waals surface area contributed by atoms with Gasteiger partial charge in [0.05, 0.1) is 0 Å². The van der Waals surface area contributed by atoms with Crippen molar-refractivity contribution in [2.24, 2.45) is 0 Å². The van der Waals surface area contributed by atoms with Gasteiger partial charge in [-0.05, 0) is 30.2 Å². The van der Waals surface area contributed by atoms with Gasteiger partial charge < -0.3 is 0 Å². The molecule has 0 N–H and O–H groups in total. The van der Waals surface area contributed by atoms with Gasteiger partial charge >= 0.3 is 0 Å². The third kappa shape index (κ3) is 2.69. The Morgan fingerprint density at radius 2 is 2.14 bits per heavy atom. The Labute approximate surface area is 91.8 Å². The zero-order chi connectivity index (χ0) is 10.7. The highest BCUT2D eigenvalue weighted by Crippen LogP contribution is 2.26. The summed E-state index contributed by atoms with van der Waals surface area (Å²) in [5.74, 6) is -0.182. The number of halogens is 3. The lowest BCUT2D eigenvalue weighted by Gasteiger charge is -2.07. The molecule has 1 aromatic rings. The Balaban J connectivity index is 3.08. The second kappa shape index (κ2) is 4.76. The van der Waals surface area contributed by atoms with Gasteiger partial charge in [-0.15, -0.1) is 11.6 Å². The minimum absolute atomic E-state index is 0.182. The fourth-order valence-electron chi connectivity index (χ4n) is 1.13. The van der Waals surface area contributed by atoms with Crippen LogP contribution in [0.25, 0.3) is 0 Å². The van der Waals surface area contributed by atoms with E-state index >= 15 is 0 Å². The summed E-state index contributed by atoms with van der Waals surface area (Å²) >= 11 is 11.6. The monoisotopic (exact) mass is 234 g/mol. The summed E-state index contributed by atoms with van der Waals surface area (Å²) in [6.45, 7) is 0.767. The third-order valence-electron chi connectivity index (χ3n) is 1.78. The molecule has 1 rings (SSSR count). The van der Waals surface area contributed by atoms with Gasteiger partial charge in [0.2, 0.25) is 0 Å². The van der Waals surface area contributed by atoms with Crippen LogP contribution in [0.2, 0.25) is 5.02 Å². The van der Waals surface area contributed by atoms with Crippen LogP contribution in [-0.2, 0) is 11.5 Å². The van der Waals surface area contributed by atoms with Crippen LogP contribution in [-0.4, -0.2) is 5.78 Å². The van der Waals surface area contributed by atoms with Crippen molar-refractivity contribution < 1.29 is 9.18 Å². The van der Waals surface area contributed by atoms with Crippen molar-refractivity contribution in [3.8, 4) is 0 Å². The lowest BCUT2D eigenvalue weighted by molar-refractivity contribution is -0.116. The lowest BCUT2D eigenvalue weighted by Crippen LogP contribution is -2.02. The fourth-order valence-corrected chi connectivity index (χ4v) is 1.53. The number of hydrogen-bond donors (Lipinski definition) is 0. The number of benzene rings is 1. The van der Waals surface area contributed by atoms with E-state index in [1.54, 1.807) is 12.1 Å². The molecule has 1 aromatic carbocycles. The molecule has 1 atom stereocenters. The van der Waals surface area contributed by atoms with E-state index in [0.29, 0.717) is 16.1 Å². The van der Waals surface area contributed by atoms with Crippen molar-refractivity contribution in [3.05, 3.63) is 34.3 Å². The average Bonchev–Trinajstić information content (AvgIpc) is 2.15. The summed E-state index contributed by atoms with van der Waals surface area (Å²) in [5.41, 5.74) is 0.971. The number of rotatable bonds is 3. The molecule has 14 heavy (non-hydrogen) atoms. The molecule has 0 spiro atoms. The molecule has 0 saturated carbocycles. The lowest BCUT2D eigenvalue weighted by atomic mass is 10.1. The molecule has 1 nitrogen and oxygen atoms in total. The quantitative estimate of drug-likeness (QED) is 0.730. The third-order valence-corrected chi connectivity index (χ3v) is 2.56. The van der Waals surface area contributed by atoms with Crippen LogP contribution >= 0.6 is 23.2 Å². The first-order valence-corrected chi connectivity index (χ1v) is 4.86. The normalized spacial score (nSPS) is 12.6. The molecule has 4 heteroatoms. The van der Waals surface area contributed by atoms with Gasteiger partial charge in [0.1, 0.15) is 12.1 Å². The number of alkyl halides is 2. The molecule has 76 valence electrons. The predicted molar refractivity (Wildman–Crippen MR) is 55.5 cm³/mol. The molecule has 0 heterocycles. The fraction of sp³-hybridized carbons (Fsp3) is 0.300. The highest BCUT2D eigenvalue weighted by Gasteiger charge is 2.14. The van der Waals surface area contributed by atoms with Crippen molar-refractivity contribution >= 4 is 29.0 Å². The molecule has 0 aliphatic rings. The van der Waals surface area contributed by atoms with E-state index in [-0.39, 0.29) is 5.78 Å². The summed E-state index contributed by atoms with van der Waals surface area (Å²) in [6, 6.07) is 4.62. The van der Waals surface area contributed by atoms with Crippen molar-refractivity contribution in [1.82, 2.24) is 0 Å². The minimum atomic E-state index is -0.751. The summed E-state index contributed by atoms with van der Waals surface area (Å²) in [7, 11) is 0. The molecule has 0 amide bonds. The molecule has 1 unspecified atom stereocenters. The Morgan fingerprint density at radius 3 is 2.64 bits per heavy atom. The van der Waals surface area contributed by atoms with Gasteiger partial charge in [-0.25, -0.2) is 4.39 Å². The molecule has 0 fully saturated rings. The van der Waals surface area contributed by atoms with Gasteiger partial charge in [-0.3, -0.25) is 4.79 Å². The number of ketones is 1. The van der Waals surface area contributed by atoms with Crippen LogP contribution in [0.4, 0.5) is 4.39 Å². The van der Waals surface area contributed by atoms with Gasteiger partial charge in [0.15, 0.2) is 5.78 Å². The Kier molecular flexibility index (Phi) is 3.90. The van der Waals surface area contributed by atoms with E-state index in [1.165, 1.54) is 13.0 Å². The van der Waals surface area contributed by atoms with Crippen LogP contribution in [0, 0.1) is 0 Å². The first-order valence-electron chi connectivity index (χ1n) is 4.04.